The molecule has 0 aromatic heterocycles. The monoisotopic (exact) mass is 223 g/mol. The highest BCUT2D eigenvalue weighted by molar-refractivity contribution is 5.98. The number of ether oxygens (including phenoxy) is 2. The number of nitrogen functional groups attached to an aromatic ring is 1. The zero-order valence-corrected chi connectivity index (χ0v) is 10.0. The first-order valence-electron chi connectivity index (χ1n) is 5.11. The third kappa shape index (κ3) is 2.45. The first-order chi connectivity index (χ1) is 7.47. The fraction of sp³-hybridized carbons (Fsp3) is 0.417. The molecule has 2 N–H and O–H groups in total. The van der Waals surface area contributed by atoms with Gasteiger partial charge in [-0.3, -0.25) is 0 Å². The molecule has 1 aromatic rings. The molecule has 0 amide bonds. The van der Waals surface area contributed by atoms with Crippen molar-refractivity contribution < 1.29 is 14.3 Å². The molecule has 1 rings (SSSR count). The van der Waals surface area contributed by atoms with Crippen LogP contribution in [-0.2, 0) is 4.74 Å². The second-order valence-corrected chi connectivity index (χ2v) is 3.83. The summed E-state index contributed by atoms with van der Waals surface area (Å²) in [5, 5.41) is 0. The van der Waals surface area contributed by atoms with Gasteiger partial charge in [-0.15, -0.1) is 0 Å². The molecule has 0 saturated carbocycles. The number of carbonyl (C=O) groups excluding carboxylic acids is 1. The van der Waals surface area contributed by atoms with Gasteiger partial charge in [-0.2, -0.15) is 0 Å². The molecule has 0 unspecified atom stereocenters. The summed E-state index contributed by atoms with van der Waals surface area (Å²) < 4.78 is 10.2. The van der Waals surface area contributed by atoms with Crippen molar-refractivity contribution in [2.45, 2.75) is 26.9 Å². The quantitative estimate of drug-likeness (QED) is 0.630. The molecule has 0 bridgehead atoms. The van der Waals surface area contributed by atoms with Gasteiger partial charge in [0.25, 0.3) is 0 Å². The van der Waals surface area contributed by atoms with E-state index in [9.17, 15) is 4.79 Å². The molecule has 4 nitrogen and oxygen atoms in total. The van der Waals surface area contributed by atoms with Crippen LogP contribution in [0.5, 0.6) is 5.75 Å². The van der Waals surface area contributed by atoms with Gasteiger partial charge in [-0.25, -0.2) is 4.79 Å². The second kappa shape index (κ2) is 4.88. The number of benzene rings is 1. The highest BCUT2D eigenvalue weighted by Gasteiger charge is 2.18. The first kappa shape index (κ1) is 12.4. The lowest BCUT2D eigenvalue weighted by Crippen LogP contribution is -2.15. The van der Waals surface area contributed by atoms with Gasteiger partial charge < -0.3 is 15.2 Å². The molecule has 1 aromatic carbocycles. The largest absolute Gasteiger partial charge is 0.495 e. The van der Waals surface area contributed by atoms with Crippen molar-refractivity contribution in [1.29, 1.82) is 0 Å². The standard InChI is InChI=1S/C12H17NO3/c1-7(2)16-12(14)10-8(3)5-6-9(15-4)11(10)13/h5-7H,13H2,1-4H3. The summed E-state index contributed by atoms with van der Waals surface area (Å²) in [4.78, 5) is 11.8. The molecule has 0 radical (unpaired) electrons. The lowest BCUT2D eigenvalue weighted by molar-refractivity contribution is 0.0378. The Labute approximate surface area is 95.3 Å². The van der Waals surface area contributed by atoms with Crippen LogP contribution in [0.25, 0.3) is 0 Å². The van der Waals surface area contributed by atoms with Crippen molar-refractivity contribution in [2.24, 2.45) is 0 Å². The number of nitrogens with two attached hydrogens (primary N) is 1. The van der Waals surface area contributed by atoms with Gasteiger partial charge in [-0.05, 0) is 32.4 Å². The third-order valence-corrected chi connectivity index (χ3v) is 2.18. The van der Waals surface area contributed by atoms with E-state index >= 15 is 0 Å². The van der Waals surface area contributed by atoms with Crippen LogP contribution in [0.3, 0.4) is 0 Å². The maximum absolute atomic E-state index is 11.8. The van der Waals surface area contributed by atoms with Crippen LogP contribution in [0, 0.1) is 6.92 Å². The Bertz CT molecular complexity index is 399. The van der Waals surface area contributed by atoms with E-state index in [2.05, 4.69) is 0 Å². The smallest absolute Gasteiger partial charge is 0.340 e. The number of hydrogen-bond donors (Lipinski definition) is 1. The van der Waals surface area contributed by atoms with E-state index in [1.54, 1.807) is 26.0 Å². The van der Waals surface area contributed by atoms with E-state index in [0.717, 1.165) is 5.56 Å². The van der Waals surface area contributed by atoms with Crippen LogP contribution in [0.15, 0.2) is 12.1 Å². The fourth-order valence-corrected chi connectivity index (χ4v) is 1.43. The number of aryl methyl sites for hydroxylation is 1. The minimum atomic E-state index is -0.413. The summed E-state index contributed by atoms with van der Waals surface area (Å²) in [5.41, 5.74) is 7.34. The highest BCUT2D eigenvalue weighted by Crippen LogP contribution is 2.28. The van der Waals surface area contributed by atoms with Crippen LogP contribution < -0.4 is 10.5 Å². The van der Waals surface area contributed by atoms with Crippen molar-refractivity contribution in [3.8, 4) is 5.75 Å². The molecule has 0 heterocycles. The van der Waals surface area contributed by atoms with Crippen LogP contribution in [0.2, 0.25) is 0 Å². The van der Waals surface area contributed by atoms with E-state index in [4.69, 9.17) is 15.2 Å². The van der Waals surface area contributed by atoms with Crippen molar-refractivity contribution in [2.75, 3.05) is 12.8 Å². The van der Waals surface area contributed by atoms with Crippen molar-refractivity contribution in [1.82, 2.24) is 0 Å². The van der Waals surface area contributed by atoms with Gasteiger partial charge in [0.15, 0.2) is 0 Å². The summed E-state index contributed by atoms with van der Waals surface area (Å²) >= 11 is 0. The molecule has 0 spiro atoms. The lowest BCUT2D eigenvalue weighted by Gasteiger charge is -2.14. The SMILES string of the molecule is COc1ccc(C)c(C(=O)OC(C)C)c1N. The number of esters is 1. The molecule has 0 fully saturated rings. The van der Waals surface area contributed by atoms with Gasteiger partial charge in [-0.1, -0.05) is 6.07 Å². The van der Waals surface area contributed by atoms with Gasteiger partial charge >= 0.3 is 5.97 Å². The molecular weight excluding hydrogens is 206 g/mol. The fourth-order valence-electron chi connectivity index (χ4n) is 1.43. The van der Waals surface area contributed by atoms with Crippen molar-refractivity contribution in [3.63, 3.8) is 0 Å². The van der Waals surface area contributed by atoms with E-state index in [1.165, 1.54) is 7.11 Å². The van der Waals surface area contributed by atoms with Crippen LogP contribution >= 0.6 is 0 Å². The summed E-state index contributed by atoms with van der Waals surface area (Å²) in [6.07, 6.45) is -0.169. The van der Waals surface area contributed by atoms with Crippen molar-refractivity contribution >= 4 is 11.7 Å². The Morgan fingerprint density at radius 1 is 1.38 bits per heavy atom. The molecule has 0 aliphatic rings. The lowest BCUT2D eigenvalue weighted by atomic mass is 10.1. The average molecular weight is 223 g/mol. The Hall–Kier alpha value is -1.71. The summed E-state index contributed by atoms with van der Waals surface area (Å²) in [5.74, 6) is 0.0743. The van der Waals surface area contributed by atoms with Crippen LogP contribution in [-0.4, -0.2) is 19.2 Å². The number of hydrogen-bond acceptors (Lipinski definition) is 4. The molecule has 0 aliphatic heterocycles. The van der Waals surface area contributed by atoms with Crippen LogP contribution in [0.1, 0.15) is 29.8 Å². The van der Waals surface area contributed by atoms with E-state index in [0.29, 0.717) is 17.0 Å². The molecule has 0 atom stereocenters. The molecule has 16 heavy (non-hydrogen) atoms. The topological polar surface area (TPSA) is 61.5 Å². The predicted molar refractivity (Wildman–Crippen MR) is 62.7 cm³/mol. The minimum Gasteiger partial charge on any atom is -0.495 e. The summed E-state index contributed by atoms with van der Waals surface area (Å²) in [7, 11) is 1.51. The van der Waals surface area contributed by atoms with Gasteiger partial charge in [0.2, 0.25) is 0 Å². The van der Waals surface area contributed by atoms with Gasteiger partial charge in [0, 0.05) is 0 Å². The normalized spacial score (nSPS) is 10.3. The number of carbonyl (C=O) groups is 1. The molecule has 88 valence electrons. The predicted octanol–water partition coefficient (Wildman–Crippen LogP) is 2.15. The highest BCUT2D eigenvalue weighted by atomic mass is 16.5. The van der Waals surface area contributed by atoms with Gasteiger partial charge in [0.05, 0.1) is 24.5 Å². The molecule has 4 heteroatoms. The van der Waals surface area contributed by atoms with E-state index < -0.39 is 5.97 Å². The second-order valence-electron chi connectivity index (χ2n) is 3.83. The first-order valence-corrected chi connectivity index (χ1v) is 5.11. The molecule has 0 saturated heterocycles. The maximum Gasteiger partial charge on any atom is 0.340 e. The zero-order valence-electron chi connectivity index (χ0n) is 10.0. The van der Waals surface area contributed by atoms with Crippen LogP contribution in [0.4, 0.5) is 5.69 Å². The number of rotatable bonds is 3. The summed E-state index contributed by atoms with van der Waals surface area (Å²) in [6, 6.07) is 3.52. The van der Waals surface area contributed by atoms with E-state index in [-0.39, 0.29) is 6.10 Å². The Morgan fingerprint density at radius 2 is 2.00 bits per heavy atom. The maximum atomic E-state index is 11.8. The zero-order chi connectivity index (χ0) is 12.3. The number of methoxy groups -OCH3 is 1. The van der Waals surface area contributed by atoms with Gasteiger partial charge in [0.1, 0.15) is 5.75 Å². The summed E-state index contributed by atoms with van der Waals surface area (Å²) in [6.45, 7) is 5.40. The molecule has 0 aliphatic carbocycles. The molecular formula is C12H17NO3. The minimum absolute atomic E-state index is 0.169. The third-order valence-electron chi connectivity index (χ3n) is 2.18. The Balaban J connectivity index is 3.16. The average Bonchev–Trinajstić information content (AvgIpc) is 2.16. The number of anilines is 1. The van der Waals surface area contributed by atoms with E-state index in [1.807, 2.05) is 6.92 Å². The Kier molecular flexibility index (Phi) is 3.77. The Morgan fingerprint density at radius 3 is 2.50 bits per heavy atom. The van der Waals surface area contributed by atoms with Crippen molar-refractivity contribution in [3.05, 3.63) is 23.3 Å².